The van der Waals surface area contributed by atoms with E-state index < -0.39 is 5.97 Å². The van der Waals surface area contributed by atoms with Crippen LogP contribution in [0.2, 0.25) is 0 Å². The van der Waals surface area contributed by atoms with E-state index in [1.807, 2.05) is 60.7 Å². The zero-order chi connectivity index (χ0) is 31.7. The molecule has 0 aliphatic carbocycles. The summed E-state index contributed by atoms with van der Waals surface area (Å²) in [5.41, 5.74) is 3.44. The molecule has 2 fully saturated rings. The van der Waals surface area contributed by atoms with Crippen LogP contribution in [0, 0.1) is 5.92 Å². The van der Waals surface area contributed by atoms with Gasteiger partial charge in [-0.3, -0.25) is 0 Å². The third kappa shape index (κ3) is 8.03. The van der Waals surface area contributed by atoms with E-state index in [0.717, 1.165) is 28.9 Å². The van der Waals surface area contributed by atoms with E-state index in [9.17, 15) is 4.79 Å². The lowest BCUT2D eigenvalue weighted by molar-refractivity contribution is -0.341. The maximum Gasteiger partial charge on any atom is 0.343 e. The van der Waals surface area contributed by atoms with Crippen molar-refractivity contribution in [3.8, 4) is 23.0 Å². The van der Waals surface area contributed by atoms with E-state index in [-0.39, 0.29) is 30.8 Å². The van der Waals surface area contributed by atoms with Gasteiger partial charge in [0, 0.05) is 5.92 Å². The Hall–Kier alpha value is -4.45. The summed E-state index contributed by atoms with van der Waals surface area (Å²) in [6.45, 7) is 1.53. The normalized spacial score (nSPS) is 20.2. The van der Waals surface area contributed by atoms with Crippen molar-refractivity contribution in [2.24, 2.45) is 5.92 Å². The lowest BCUT2D eigenvalue weighted by Gasteiger charge is -2.17. The van der Waals surface area contributed by atoms with E-state index in [1.54, 1.807) is 50.6 Å². The average molecular weight is 629 g/mol. The molecule has 6 rings (SSSR count). The molecule has 4 aromatic carbocycles. The fourth-order valence-corrected chi connectivity index (χ4v) is 5.41. The molecule has 4 aromatic rings. The maximum absolute atomic E-state index is 12.5. The molecule has 0 amide bonds. The number of esters is 1. The van der Waals surface area contributed by atoms with Crippen LogP contribution in [-0.2, 0) is 43.8 Å². The maximum atomic E-state index is 12.5. The van der Waals surface area contributed by atoms with Crippen molar-refractivity contribution in [3.05, 3.63) is 119 Å². The Morgan fingerprint density at radius 1 is 0.630 bits per heavy atom. The molecule has 0 bridgehead atoms. The summed E-state index contributed by atoms with van der Waals surface area (Å²) < 4.78 is 28.0. The Balaban J connectivity index is 0.903. The van der Waals surface area contributed by atoms with Gasteiger partial charge >= 0.3 is 5.97 Å². The molecule has 0 N–H and O–H groups in total. The quantitative estimate of drug-likeness (QED) is 0.0726. The highest BCUT2D eigenvalue weighted by atomic mass is 17.2. The van der Waals surface area contributed by atoms with Crippen molar-refractivity contribution < 1.29 is 48.0 Å². The zero-order valence-corrected chi connectivity index (χ0v) is 25.7. The summed E-state index contributed by atoms with van der Waals surface area (Å²) >= 11 is 0. The minimum Gasteiger partial charge on any atom is -0.497 e. The SMILES string of the molecule is COc1ccc(COOc2ccc(COOC3COC4C(Cc5ccc(OC(=O)c6ccc(OC)cc6)cc5)COC34)cc2)cc1. The first-order valence-electron chi connectivity index (χ1n) is 15.1. The third-order valence-electron chi connectivity index (χ3n) is 7.95. The van der Waals surface area contributed by atoms with Gasteiger partial charge in [0.05, 0.1) is 39.1 Å². The number of ether oxygens (including phenoxy) is 5. The first-order chi connectivity index (χ1) is 22.6. The summed E-state index contributed by atoms with van der Waals surface area (Å²) in [6.07, 6.45) is 0.159. The highest BCUT2D eigenvalue weighted by Crippen LogP contribution is 2.35. The number of rotatable bonds is 14. The van der Waals surface area contributed by atoms with Crippen LogP contribution >= 0.6 is 0 Å². The predicted molar refractivity (Wildman–Crippen MR) is 166 cm³/mol. The zero-order valence-electron chi connectivity index (χ0n) is 25.7. The molecule has 2 aliphatic rings. The van der Waals surface area contributed by atoms with Gasteiger partial charge in [-0.1, -0.05) is 36.4 Å². The molecule has 10 nitrogen and oxygen atoms in total. The Morgan fingerprint density at radius 3 is 1.83 bits per heavy atom. The van der Waals surface area contributed by atoms with Crippen LogP contribution < -0.4 is 19.1 Å². The lowest BCUT2D eigenvalue weighted by atomic mass is 9.94. The van der Waals surface area contributed by atoms with Crippen LogP contribution in [0.15, 0.2) is 97.1 Å². The van der Waals surface area contributed by atoms with Crippen LogP contribution in [-0.4, -0.2) is 51.7 Å². The summed E-state index contributed by atoms with van der Waals surface area (Å²) in [5, 5.41) is 0. The summed E-state index contributed by atoms with van der Waals surface area (Å²) in [7, 11) is 3.21. The van der Waals surface area contributed by atoms with Crippen molar-refractivity contribution in [1.29, 1.82) is 0 Å². The molecular weight excluding hydrogens is 592 g/mol. The van der Waals surface area contributed by atoms with Gasteiger partial charge in [-0.15, -0.1) is 0 Å². The largest absolute Gasteiger partial charge is 0.497 e. The van der Waals surface area contributed by atoms with Crippen LogP contribution in [0.4, 0.5) is 0 Å². The van der Waals surface area contributed by atoms with Crippen LogP contribution in [0.3, 0.4) is 0 Å². The third-order valence-corrected chi connectivity index (χ3v) is 7.95. The number of carbonyl (C=O) groups excluding carboxylic acids is 1. The Bertz CT molecular complexity index is 1540. The standard InChI is InChI=1S/C36H36O10/c1-38-29-11-5-25(6-12-29)20-42-45-32-15-7-26(8-16-32)21-43-46-33-23-41-34-28(22-40-35(33)34)19-24-3-13-31(14-4-24)44-36(37)27-9-17-30(39-2)18-10-27/h3-18,28,33-35H,19-23H2,1-2H3. The number of carbonyl (C=O) groups is 1. The topological polar surface area (TPSA) is 100 Å². The van der Waals surface area contributed by atoms with E-state index in [4.69, 9.17) is 43.2 Å². The average Bonchev–Trinajstić information content (AvgIpc) is 3.69. The van der Waals surface area contributed by atoms with Crippen LogP contribution in [0.1, 0.15) is 27.0 Å². The van der Waals surface area contributed by atoms with Gasteiger partial charge in [0.2, 0.25) is 0 Å². The fourth-order valence-electron chi connectivity index (χ4n) is 5.41. The van der Waals surface area contributed by atoms with Gasteiger partial charge in [-0.25, -0.2) is 14.6 Å². The van der Waals surface area contributed by atoms with Crippen molar-refractivity contribution in [2.45, 2.75) is 37.9 Å². The molecule has 4 atom stereocenters. The van der Waals surface area contributed by atoms with E-state index >= 15 is 0 Å². The molecule has 46 heavy (non-hydrogen) atoms. The van der Waals surface area contributed by atoms with Gasteiger partial charge < -0.3 is 28.6 Å². The van der Waals surface area contributed by atoms with Gasteiger partial charge in [0.15, 0.2) is 5.75 Å². The van der Waals surface area contributed by atoms with Gasteiger partial charge in [0.1, 0.15) is 42.7 Å². The number of hydrogen-bond donors (Lipinski definition) is 0. The van der Waals surface area contributed by atoms with Crippen LogP contribution in [0.25, 0.3) is 0 Å². The summed E-state index contributed by atoms with van der Waals surface area (Å²) in [5.74, 6) is 2.28. The molecule has 240 valence electrons. The number of hydrogen-bond acceptors (Lipinski definition) is 10. The number of fused-ring (bicyclic) bond motifs is 1. The van der Waals surface area contributed by atoms with Crippen molar-refractivity contribution in [3.63, 3.8) is 0 Å². The van der Waals surface area contributed by atoms with Gasteiger partial charge in [-0.05, 0) is 83.8 Å². The first kappa shape index (κ1) is 31.5. The highest BCUT2D eigenvalue weighted by Gasteiger charge is 2.48. The summed E-state index contributed by atoms with van der Waals surface area (Å²) in [4.78, 5) is 34.5. The molecule has 0 aromatic heterocycles. The van der Waals surface area contributed by atoms with E-state index in [2.05, 4.69) is 0 Å². The predicted octanol–water partition coefficient (Wildman–Crippen LogP) is 5.91. The van der Waals surface area contributed by atoms with Gasteiger partial charge in [0.25, 0.3) is 0 Å². The second-order valence-electron chi connectivity index (χ2n) is 11.1. The smallest absolute Gasteiger partial charge is 0.343 e. The molecule has 2 saturated heterocycles. The Labute approximate surface area is 267 Å². The lowest BCUT2D eigenvalue weighted by Crippen LogP contribution is -2.31. The molecule has 2 heterocycles. The minimum absolute atomic E-state index is 0.0875. The van der Waals surface area contributed by atoms with Crippen molar-refractivity contribution >= 4 is 5.97 Å². The van der Waals surface area contributed by atoms with Crippen LogP contribution in [0.5, 0.6) is 23.0 Å². The molecule has 10 heteroatoms. The summed E-state index contributed by atoms with van der Waals surface area (Å²) in [6, 6.07) is 29.3. The van der Waals surface area contributed by atoms with Gasteiger partial charge in [-0.2, -0.15) is 4.89 Å². The minimum atomic E-state index is -0.424. The molecule has 2 aliphatic heterocycles. The monoisotopic (exact) mass is 628 g/mol. The molecule has 4 unspecified atom stereocenters. The molecule has 0 radical (unpaired) electrons. The molecular formula is C36H36O10. The molecule has 0 saturated carbocycles. The highest BCUT2D eigenvalue weighted by molar-refractivity contribution is 5.91. The fraction of sp³-hybridized carbons (Fsp3) is 0.306. The molecule has 0 spiro atoms. The number of benzene rings is 4. The second kappa shape index (κ2) is 15.2. The van der Waals surface area contributed by atoms with E-state index in [0.29, 0.717) is 42.6 Å². The first-order valence-corrected chi connectivity index (χ1v) is 15.1. The number of methoxy groups -OCH3 is 2. The van der Waals surface area contributed by atoms with Crippen molar-refractivity contribution in [2.75, 3.05) is 27.4 Å². The van der Waals surface area contributed by atoms with E-state index in [1.165, 1.54) is 0 Å². The van der Waals surface area contributed by atoms with Crippen molar-refractivity contribution in [1.82, 2.24) is 0 Å². The second-order valence-corrected chi connectivity index (χ2v) is 11.1. The Kier molecular flexibility index (Phi) is 10.4. The Morgan fingerprint density at radius 2 is 1.17 bits per heavy atom.